The monoisotopic (exact) mass is 550 g/mol. The SMILES string of the molecule is CCC1C(CC)C1C(=O)CNCCCn1c(-c2ccc(N3CCOCC3)cc2)csc1=Nc1ccc(F)cc1. The van der Waals surface area contributed by atoms with Crippen LogP contribution in [0.3, 0.4) is 0 Å². The normalized spacial score (nSPS) is 21.4. The lowest BCUT2D eigenvalue weighted by atomic mass is 10.1. The fourth-order valence-electron chi connectivity index (χ4n) is 5.88. The molecule has 0 radical (unpaired) electrons. The van der Waals surface area contributed by atoms with Crippen LogP contribution in [0.25, 0.3) is 11.3 Å². The largest absolute Gasteiger partial charge is 0.378 e. The summed E-state index contributed by atoms with van der Waals surface area (Å²) in [7, 11) is 0. The van der Waals surface area contributed by atoms with E-state index >= 15 is 0 Å². The maximum absolute atomic E-state index is 13.4. The first-order valence-corrected chi connectivity index (χ1v) is 15.1. The van der Waals surface area contributed by atoms with Crippen molar-refractivity contribution in [1.29, 1.82) is 0 Å². The minimum atomic E-state index is -0.267. The molecule has 39 heavy (non-hydrogen) atoms. The number of morpholine rings is 1. The van der Waals surface area contributed by atoms with Crippen LogP contribution in [0, 0.1) is 23.6 Å². The molecule has 2 unspecified atom stereocenters. The van der Waals surface area contributed by atoms with Crippen molar-refractivity contribution in [2.75, 3.05) is 44.3 Å². The number of nitrogens with one attached hydrogen (secondary N) is 1. The zero-order chi connectivity index (χ0) is 27.2. The molecule has 0 amide bonds. The number of thiazole rings is 1. The van der Waals surface area contributed by atoms with Crippen molar-refractivity contribution in [2.45, 2.75) is 39.7 Å². The van der Waals surface area contributed by atoms with Gasteiger partial charge in [-0.05, 0) is 66.8 Å². The van der Waals surface area contributed by atoms with E-state index in [1.54, 1.807) is 23.5 Å². The van der Waals surface area contributed by atoms with Crippen LogP contribution in [0.5, 0.6) is 0 Å². The number of halogens is 1. The Bertz CT molecular complexity index is 1290. The van der Waals surface area contributed by atoms with Crippen LogP contribution in [0.4, 0.5) is 15.8 Å². The number of carbonyl (C=O) groups is 1. The molecule has 2 aliphatic rings. The lowest BCUT2D eigenvalue weighted by molar-refractivity contribution is -0.120. The van der Waals surface area contributed by atoms with Crippen LogP contribution in [0.2, 0.25) is 0 Å². The second-order valence-corrected chi connectivity index (χ2v) is 11.3. The summed E-state index contributed by atoms with van der Waals surface area (Å²) in [6.07, 6.45) is 3.07. The molecule has 0 bridgehead atoms. The topological polar surface area (TPSA) is 58.9 Å². The van der Waals surface area contributed by atoms with E-state index < -0.39 is 0 Å². The van der Waals surface area contributed by atoms with E-state index in [9.17, 15) is 9.18 Å². The first kappa shape index (κ1) is 27.7. The van der Waals surface area contributed by atoms with Gasteiger partial charge in [-0.25, -0.2) is 9.38 Å². The molecule has 208 valence electrons. The van der Waals surface area contributed by atoms with Gasteiger partial charge in [0.05, 0.1) is 31.1 Å². The molecule has 1 saturated carbocycles. The maximum Gasteiger partial charge on any atom is 0.190 e. The molecule has 8 heteroatoms. The number of hydrogen-bond acceptors (Lipinski definition) is 6. The molecule has 2 atom stereocenters. The van der Waals surface area contributed by atoms with E-state index in [0.29, 0.717) is 24.2 Å². The Morgan fingerprint density at radius 3 is 2.41 bits per heavy atom. The molecule has 1 aromatic heterocycles. The Kier molecular flexibility index (Phi) is 9.27. The maximum atomic E-state index is 13.4. The highest BCUT2D eigenvalue weighted by molar-refractivity contribution is 7.07. The first-order valence-electron chi connectivity index (χ1n) is 14.2. The number of anilines is 1. The highest BCUT2D eigenvalue weighted by Gasteiger charge is 2.50. The number of carbonyl (C=O) groups excluding carboxylic acids is 1. The van der Waals surface area contributed by atoms with Gasteiger partial charge in [-0.1, -0.05) is 38.8 Å². The summed E-state index contributed by atoms with van der Waals surface area (Å²) in [4.78, 5) is 20.7. The van der Waals surface area contributed by atoms with Gasteiger partial charge in [0, 0.05) is 36.6 Å². The summed E-state index contributed by atoms with van der Waals surface area (Å²) in [5.41, 5.74) is 4.18. The Balaban J connectivity index is 1.28. The minimum absolute atomic E-state index is 0.256. The quantitative estimate of drug-likeness (QED) is 0.296. The lowest BCUT2D eigenvalue weighted by Crippen LogP contribution is -2.36. The highest BCUT2D eigenvalue weighted by atomic mass is 32.1. The van der Waals surface area contributed by atoms with E-state index in [1.165, 1.54) is 17.8 Å². The number of hydrogen-bond donors (Lipinski definition) is 1. The fourth-order valence-corrected chi connectivity index (χ4v) is 6.84. The van der Waals surface area contributed by atoms with Crippen LogP contribution in [-0.2, 0) is 16.1 Å². The number of ketones is 1. The van der Waals surface area contributed by atoms with Gasteiger partial charge < -0.3 is 19.5 Å². The molecular formula is C31H39FN4O2S. The number of Topliss-reactive ketones (excluding diaryl/α,β-unsaturated/α-hetero) is 1. The van der Waals surface area contributed by atoms with Gasteiger partial charge in [0.2, 0.25) is 0 Å². The Morgan fingerprint density at radius 2 is 1.74 bits per heavy atom. The summed E-state index contributed by atoms with van der Waals surface area (Å²) < 4.78 is 21.2. The number of ether oxygens (including phenoxy) is 1. The van der Waals surface area contributed by atoms with Crippen LogP contribution in [0.15, 0.2) is 58.9 Å². The first-order chi connectivity index (χ1) is 19.1. The van der Waals surface area contributed by atoms with Gasteiger partial charge in [0.1, 0.15) is 11.6 Å². The molecule has 2 fully saturated rings. The smallest absolute Gasteiger partial charge is 0.190 e. The summed E-state index contributed by atoms with van der Waals surface area (Å²) in [5, 5.41) is 5.53. The average Bonchev–Trinajstić information content (AvgIpc) is 3.58. The molecule has 3 aromatic rings. The van der Waals surface area contributed by atoms with Crippen molar-refractivity contribution in [2.24, 2.45) is 22.7 Å². The van der Waals surface area contributed by atoms with Crippen molar-refractivity contribution in [3.05, 3.63) is 64.5 Å². The van der Waals surface area contributed by atoms with Crippen LogP contribution >= 0.6 is 11.3 Å². The van der Waals surface area contributed by atoms with Gasteiger partial charge in [0.15, 0.2) is 4.80 Å². The third-order valence-electron chi connectivity index (χ3n) is 8.07. The summed E-state index contributed by atoms with van der Waals surface area (Å²) in [6.45, 7) is 9.71. The van der Waals surface area contributed by atoms with Gasteiger partial charge in [-0.2, -0.15) is 0 Å². The predicted molar refractivity (Wildman–Crippen MR) is 156 cm³/mol. The third kappa shape index (κ3) is 6.68. The van der Waals surface area contributed by atoms with Gasteiger partial charge in [-0.15, -0.1) is 11.3 Å². The van der Waals surface area contributed by atoms with E-state index in [1.807, 2.05) is 0 Å². The summed E-state index contributed by atoms with van der Waals surface area (Å²) >= 11 is 1.59. The molecule has 2 aromatic carbocycles. The van der Waals surface area contributed by atoms with E-state index in [-0.39, 0.29) is 11.7 Å². The molecule has 1 N–H and O–H groups in total. The number of benzene rings is 2. The van der Waals surface area contributed by atoms with Crippen LogP contribution in [-0.4, -0.2) is 49.7 Å². The molecule has 1 aliphatic carbocycles. The predicted octanol–water partition coefficient (Wildman–Crippen LogP) is 5.66. The van der Waals surface area contributed by atoms with Crippen LogP contribution in [0.1, 0.15) is 33.1 Å². The van der Waals surface area contributed by atoms with E-state index in [4.69, 9.17) is 9.73 Å². The minimum Gasteiger partial charge on any atom is -0.378 e. The van der Waals surface area contributed by atoms with Gasteiger partial charge >= 0.3 is 0 Å². The standard InChI is InChI=1S/C31H39FN4O2S/c1-3-26-27(4-2)30(26)29(37)20-33-14-5-15-36-28(21-39-31(36)34-24-10-8-23(32)9-11-24)22-6-12-25(13-7-22)35-16-18-38-19-17-35/h6-13,21,26-27,30,33H,3-5,14-20H2,1-2H3. The number of nitrogens with zero attached hydrogens (tertiary/aromatic N) is 3. The Morgan fingerprint density at radius 1 is 1.05 bits per heavy atom. The Labute approximate surface area is 234 Å². The van der Waals surface area contributed by atoms with Crippen molar-refractivity contribution < 1.29 is 13.9 Å². The number of rotatable bonds is 12. The highest BCUT2D eigenvalue weighted by Crippen LogP contribution is 2.50. The molecule has 1 saturated heterocycles. The second kappa shape index (κ2) is 13.0. The summed E-state index contributed by atoms with van der Waals surface area (Å²) in [6, 6.07) is 15.0. The van der Waals surface area contributed by atoms with Gasteiger partial charge in [0.25, 0.3) is 0 Å². The van der Waals surface area contributed by atoms with Crippen LogP contribution < -0.4 is 15.0 Å². The third-order valence-corrected chi connectivity index (χ3v) is 8.93. The van der Waals surface area contributed by atoms with E-state index in [2.05, 4.69) is 58.3 Å². The lowest BCUT2D eigenvalue weighted by Gasteiger charge is -2.28. The molecule has 6 nitrogen and oxygen atoms in total. The van der Waals surface area contributed by atoms with Crippen molar-refractivity contribution in [1.82, 2.24) is 9.88 Å². The average molecular weight is 551 g/mol. The van der Waals surface area contributed by atoms with Crippen molar-refractivity contribution >= 4 is 28.5 Å². The summed E-state index contributed by atoms with van der Waals surface area (Å²) in [5.74, 6) is 1.52. The van der Waals surface area contributed by atoms with Crippen molar-refractivity contribution in [3.8, 4) is 11.3 Å². The van der Waals surface area contributed by atoms with Crippen molar-refractivity contribution in [3.63, 3.8) is 0 Å². The molecular weight excluding hydrogens is 511 g/mol. The van der Waals surface area contributed by atoms with Gasteiger partial charge in [-0.3, -0.25) is 4.79 Å². The van der Waals surface area contributed by atoms with E-state index in [0.717, 1.165) is 80.4 Å². The second-order valence-electron chi connectivity index (χ2n) is 10.5. The zero-order valence-corrected chi connectivity index (χ0v) is 23.8. The zero-order valence-electron chi connectivity index (χ0n) is 22.9. The Hall–Kier alpha value is -2.81. The molecule has 0 spiro atoms. The molecule has 5 rings (SSSR count). The molecule has 2 heterocycles. The fraction of sp³-hybridized carbons (Fsp3) is 0.484. The molecule has 1 aliphatic heterocycles. The number of aromatic nitrogens is 1.